The van der Waals surface area contributed by atoms with E-state index < -0.39 is 35.8 Å². The second-order valence-corrected chi connectivity index (χ2v) is 23.3. The summed E-state index contributed by atoms with van der Waals surface area (Å²) in [5.74, 6) is -6.44. The number of carbonyl (C=O) groups is 6. The predicted molar refractivity (Wildman–Crippen MR) is 354 cm³/mol. The molecule has 0 saturated heterocycles. The maximum Gasteiger partial charge on any atom is 2.00 e. The van der Waals surface area contributed by atoms with Gasteiger partial charge in [-0.1, -0.05) is 0 Å². The van der Waals surface area contributed by atoms with Crippen molar-refractivity contribution in [3.05, 3.63) is 257 Å². The van der Waals surface area contributed by atoms with Crippen LogP contribution in [0.4, 0.5) is 0 Å². The van der Waals surface area contributed by atoms with E-state index in [0.717, 1.165) is 101 Å². The van der Waals surface area contributed by atoms with Crippen LogP contribution in [0.1, 0.15) is 38.5 Å². The van der Waals surface area contributed by atoms with Gasteiger partial charge in [0.05, 0.1) is 34.2 Å². The van der Waals surface area contributed by atoms with Crippen LogP contribution in [-0.4, -0.2) is 65.7 Å². The van der Waals surface area contributed by atoms with Gasteiger partial charge in [-0.25, -0.2) is 27.4 Å². The smallest absolute Gasteiger partial charge is 0.550 e. The van der Waals surface area contributed by atoms with E-state index in [1.807, 2.05) is 220 Å². The normalized spacial score (nSPS) is 10.6. The average Bonchev–Trinajstić information content (AvgIpc) is 0.828. The molecule has 0 aliphatic heterocycles. The summed E-state index contributed by atoms with van der Waals surface area (Å²) in [4.78, 5) is 90.8. The number of aliphatic carboxylic acids is 6. The van der Waals surface area contributed by atoms with Crippen LogP contribution < -0.4 is 58.0 Å². The first-order valence-corrected chi connectivity index (χ1v) is 32.4. The minimum Gasteiger partial charge on any atom is -0.550 e. The van der Waals surface area contributed by atoms with Gasteiger partial charge in [-0.15, -0.1) is 0 Å². The fourth-order valence-electron chi connectivity index (χ4n) is 10.6. The van der Waals surface area contributed by atoms with E-state index >= 15 is 0 Å². The molecule has 0 N–H and O–H groups in total. The van der Waals surface area contributed by atoms with E-state index in [1.54, 1.807) is 64.6 Å². The number of carboxylic acid groups (broad SMARTS) is 6. The molecule has 12 rings (SSSR count). The van der Waals surface area contributed by atoms with Crippen LogP contribution in [0.5, 0.6) is 0 Å². The van der Waals surface area contributed by atoms with Gasteiger partial charge in [0.1, 0.15) is 0 Å². The Bertz CT molecular complexity index is 4100. The molecule has 12 aromatic rings. The second kappa shape index (κ2) is 36.9. The molecule has 0 radical (unpaired) electrons. The molecule has 0 aromatic carbocycles. The molecule has 0 aliphatic rings. The number of carbonyl (C=O) groups excluding carboxylic acids is 6. The molecule has 0 atom stereocenters. The molecule has 0 fully saturated rings. The minimum atomic E-state index is -1.07. The van der Waals surface area contributed by atoms with Crippen LogP contribution in [-0.2, 0) is 87.5 Å². The summed E-state index contributed by atoms with van der Waals surface area (Å²) >= 11 is 0. The van der Waals surface area contributed by atoms with Gasteiger partial charge in [-0.3, -0.25) is 29.9 Å². The van der Waals surface area contributed by atoms with Crippen LogP contribution in [0.25, 0.3) is 101 Å². The third-order valence-corrected chi connectivity index (χ3v) is 16.1. The van der Waals surface area contributed by atoms with Gasteiger partial charge in [0.15, 0.2) is 114 Å². The maximum atomic E-state index is 10.7. The maximum absolute atomic E-state index is 10.7. The van der Waals surface area contributed by atoms with E-state index in [0.29, 0.717) is 39.3 Å². The Morgan fingerprint density at radius 2 is 0.340 bits per heavy atom. The first kappa shape index (κ1) is 74.5. The van der Waals surface area contributed by atoms with Crippen molar-refractivity contribution >= 4 is 35.8 Å². The monoisotopic (exact) mass is 1460 g/mol. The fraction of sp³-hybridized carbons (Fsp3) is 0.154. The van der Waals surface area contributed by atoms with Crippen LogP contribution in [0.15, 0.2) is 257 Å². The molecule has 12 heterocycles. The standard InChI is InChI=1S/3C26H22N4O4.Ru/c3*31-25(32)7-15-29-11-3-19(4-12-29)21-1-9-27-23(17-21)24-18-22(2-10-28-24)20-5-13-30(14-6-20)16-8-26(33)34;/h3*1-6,9-14,17-18H,7-8,15-16H2;/q;;;+2. The van der Waals surface area contributed by atoms with Gasteiger partial charge in [0, 0.05) is 184 Å². The Kier molecular flexibility index (Phi) is 26.7. The van der Waals surface area contributed by atoms with Crippen molar-refractivity contribution < 1.29 is 106 Å². The first-order valence-electron chi connectivity index (χ1n) is 32.4. The van der Waals surface area contributed by atoms with Crippen molar-refractivity contribution in [3.63, 3.8) is 0 Å². The SMILES string of the molecule is O=C([O-])CC[n+]1ccc(-c2ccnc(-c3cc(-c4cc[n+](CCC(=O)[O-])cc4)ccn3)c2)cc1.O=C([O-])CC[n+]1ccc(-c2ccnc(-c3cc(-c4cc[n+](CCC(=O)[O-])cc4)ccn3)c2)cc1.O=C([O-])CC[n+]1ccc(-c2ccnc(-c3cc(-c4cc[n+](CCC(=O)[O-])cc4)ccn3)c2)cc1.[Ru+2]. The number of aryl methyl sites for hydroxylation is 6. The van der Waals surface area contributed by atoms with E-state index in [-0.39, 0.29) is 58.0 Å². The number of hydrogen-bond donors (Lipinski definition) is 0. The molecule has 25 heteroatoms. The van der Waals surface area contributed by atoms with Gasteiger partial charge in [-0.2, -0.15) is 0 Å². The molecule has 0 bridgehead atoms. The van der Waals surface area contributed by atoms with Gasteiger partial charge < -0.3 is 59.4 Å². The number of aromatic nitrogens is 12. The Morgan fingerprint density at radius 3 is 0.456 bits per heavy atom. The number of nitrogens with zero attached hydrogens (tertiary/aromatic N) is 12. The molecule has 0 unspecified atom stereocenters. The van der Waals surface area contributed by atoms with E-state index in [2.05, 4.69) is 29.9 Å². The van der Waals surface area contributed by atoms with Crippen LogP contribution >= 0.6 is 0 Å². The average molecular weight is 1460 g/mol. The van der Waals surface area contributed by atoms with Crippen molar-refractivity contribution in [2.75, 3.05) is 0 Å². The fourth-order valence-corrected chi connectivity index (χ4v) is 10.6. The summed E-state index contributed by atoms with van der Waals surface area (Å²) in [6.45, 7) is 2.15. The molecule has 12 aromatic heterocycles. The Morgan fingerprint density at radius 1 is 0.214 bits per heavy atom. The second-order valence-electron chi connectivity index (χ2n) is 23.3. The molecular weight excluding hydrogens is 1400 g/mol. The molecular formula is C78H66N12O12Ru+2. The van der Waals surface area contributed by atoms with E-state index in [9.17, 15) is 59.4 Å². The number of carboxylic acids is 6. The third kappa shape index (κ3) is 22.6. The van der Waals surface area contributed by atoms with Crippen LogP contribution in [0.2, 0.25) is 0 Å². The van der Waals surface area contributed by atoms with Gasteiger partial charge in [-0.05, 0) is 140 Å². The summed E-state index contributed by atoms with van der Waals surface area (Å²) in [5.41, 5.74) is 16.1. The number of rotatable bonds is 27. The molecule has 0 amide bonds. The zero-order valence-electron chi connectivity index (χ0n) is 55.4. The zero-order chi connectivity index (χ0) is 71.7. The van der Waals surface area contributed by atoms with Crippen molar-refractivity contribution in [3.8, 4) is 101 Å². The Labute approximate surface area is 604 Å². The van der Waals surface area contributed by atoms with Gasteiger partial charge >= 0.3 is 19.5 Å². The van der Waals surface area contributed by atoms with E-state index in [1.165, 1.54) is 0 Å². The van der Waals surface area contributed by atoms with Gasteiger partial charge in [0.25, 0.3) is 0 Å². The summed E-state index contributed by atoms with van der Waals surface area (Å²) in [6.07, 6.45) is 32.3. The molecule has 0 spiro atoms. The quantitative estimate of drug-likeness (QED) is 0.0512. The van der Waals surface area contributed by atoms with Crippen LogP contribution in [0.3, 0.4) is 0 Å². The van der Waals surface area contributed by atoms with Crippen molar-refractivity contribution in [2.45, 2.75) is 77.8 Å². The largest absolute Gasteiger partial charge is 2.00 e. The molecule has 24 nitrogen and oxygen atoms in total. The van der Waals surface area contributed by atoms with Crippen LogP contribution in [0, 0.1) is 0 Å². The zero-order valence-corrected chi connectivity index (χ0v) is 57.1. The minimum absolute atomic E-state index is 0. The summed E-state index contributed by atoms with van der Waals surface area (Å²) in [7, 11) is 0. The van der Waals surface area contributed by atoms with E-state index in [4.69, 9.17) is 0 Å². The Balaban J connectivity index is 0.000000179. The van der Waals surface area contributed by atoms with Crippen molar-refractivity contribution in [1.82, 2.24) is 29.9 Å². The molecule has 0 aliphatic carbocycles. The predicted octanol–water partition coefficient (Wildman–Crippen LogP) is 0.995. The molecule has 516 valence electrons. The first-order chi connectivity index (χ1) is 49.4. The Hall–Kier alpha value is -12.8. The summed E-state index contributed by atoms with van der Waals surface area (Å²) < 4.78 is 10.8. The summed E-state index contributed by atoms with van der Waals surface area (Å²) in [5, 5.41) is 63.9. The number of hydrogen-bond acceptors (Lipinski definition) is 18. The third-order valence-electron chi connectivity index (χ3n) is 16.1. The molecule has 103 heavy (non-hydrogen) atoms. The van der Waals surface area contributed by atoms with Crippen molar-refractivity contribution in [1.29, 1.82) is 0 Å². The number of pyridine rings is 12. The van der Waals surface area contributed by atoms with Gasteiger partial charge in [0.2, 0.25) is 0 Å². The topological polar surface area (TPSA) is 341 Å². The van der Waals surface area contributed by atoms with Crippen molar-refractivity contribution in [2.24, 2.45) is 0 Å². The summed E-state index contributed by atoms with van der Waals surface area (Å²) in [6, 6.07) is 46.4. The molecule has 0 saturated carbocycles.